The number of rotatable bonds is 11. The van der Waals surface area contributed by atoms with Crippen LogP contribution in [0.2, 0.25) is 0 Å². The van der Waals surface area contributed by atoms with E-state index < -0.39 is 5.97 Å². The number of urea groups is 1. The van der Waals surface area contributed by atoms with Crippen molar-refractivity contribution in [1.82, 2.24) is 9.88 Å². The van der Waals surface area contributed by atoms with Gasteiger partial charge in [0.1, 0.15) is 11.5 Å². The number of hydrogen-bond donors (Lipinski definition) is 2. The molecule has 0 bridgehead atoms. The molecule has 0 aliphatic heterocycles. The molecule has 2 N–H and O–H groups in total. The highest BCUT2D eigenvalue weighted by Gasteiger charge is 2.26. The predicted octanol–water partition coefficient (Wildman–Crippen LogP) is 4.96. The molecule has 0 saturated heterocycles. The van der Waals surface area contributed by atoms with Crippen molar-refractivity contribution in [3.8, 4) is 11.5 Å². The van der Waals surface area contributed by atoms with Crippen LogP contribution >= 0.6 is 23.1 Å². The number of thioether (sulfide) groups is 1. The molecular weight excluding hydrogens is 450 g/mol. The average molecular weight is 480 g/mol. The van der Waals surface area contributed by atoms with Gasteiger partial charge in [0.05, 0.1) is 29.9 Å². The van der Waals surface area contributed by atoms with Crippen molar-refractivity contribution < 1.29 is 24.2 Å². The second-order valence-corrected chi connectivity index (χ2v) is 9.77. The second-order valence-electron chi connectivity index (χ2n) is 7.46. The van der Waals surface area contributed by atoms with Gasteiger partial charge in [0.25, 0.3) is 0 Å². The van der Waals surface area contributed by atoms with E-state index in [4.69, 9.17) is 14.6 Å². The molecule has 2 amide bonds. The Morgan fingerprint density at radius 2 is 1.94 bits per heavy atom. The molecule has 1 fully saturated rings. The lowest BCUT2D eigenvalue weighted by Gasteiger charge is -2.34. The largest absolute Gasteiger partial charge is 0.497 e. The molecule has 0 spiro atoms. The summed E-state index contributed by atoms with van der Waals surface area (Å²) in [4.78, 5) is 29.9. The number of methoxy groups -OCH3 is 1. The second kappa shape index (κ2) is 12.5. The highest BCUT2D eigenvalue weighted by Crippen LogP contribution is 2.29. The van der Waals surface area contributed by atoms with Gasteiger partial charge >= 0.3 is 12.0 Å². The van der Waals surface area contributed by atoms with E-state index in [1.807, 2.05) is 29.2 Å². The van der Waals surface area contributed by atoms with Crippen LogP contribution in [0.4, 0.5) is 9.93 Å². The molecule has 1 heterocycles. The molecule has 174 valence electrons. The maximum absolute atomic E-state index is 13.0. The normalized spacial score (nSPS) is 14.0. The summed E-state index contributed by atoms with van der Waals surface area (Å²) in [6, 6.07) is 7.50. The van der Waals surface area contributed by atoms with Crippen LogP contribution < -0.4 is 14.8 Å². The van der Waals surface area contributed by atoms with Gasteiger partial charge in [-0.3, -0.25) is 10.1 Å². The molecule has 1 aromatic heterocycles. The van der Waals surface area contributed by atoms with Crippen molar-refractivity contribution in [2.45, 2.75) is 48.8 Å². The number of hydrogen-bond acceptors (Lipinski definition) is 7. The van der Waals surface area contributed by atoms with Gasteiger partial charge in [0, 0.05) is 12.6 Å². The zero-order valence-corrected chi connectivity index (χ0v) is 19.8. The molecule has 10 heteroatoms. The Morgan fingerprint density at radius 3 is 2.62 bits per heavy atom. The number of benzene rings is 1. The standard InChI is InChI=1S/C22H29N3O5S2/c1-29-17-8-10-18(11-9-17)30-13-5-12-25(16-6-3-2-4-7-16)22(28)24-21-23-14-20(32-21)31-15-19(26)27/h8-11,14,16H,2-7,12-13,15H2,1H3,(H,26,27)(H,23,24,28). The summed E-state index contributed by atoms with van der Waals surface area (Å²) in [6.45, 7) is 1.11. The molecule has 3 rings (SSSR count). The fourth-order valence-electron chi connectivity index (χ4n) is 3.62. The Bertz CT molecular complexity index is 869. The highest BCUT2D eigenvalue weighted by molar-refractivity contribution is 8.01. The van der Waals surface area contributed by atoms with Crippen LogP contribution in [0.1, 0.15) is 38.5 Å². The first-order valence-electron chi connectivity index (χ1n) is 10.7. The molecule has 0 atom stereocenters. The first-order chi connectivity index (χ1) is 15.5. The van der Waals surface area contributed by atoms with Crippen LogP contribution in [-0.4, -0.2) is 59.0 Å². The number of carbonyl (C=O) groups is 2. The van der Waals surface area contributed by atoms with Crippen LogP contribution in [-0.2, 0) is 4.79 Å². The fraction of sp³-hybridized carbons (Fsp3) is 0.500. The first-order valence-corrected chi connectivity index (χ1v) is 12.5. The number of amides is 2. The zero-order chi connectivity index (χ0) is 22.8. The molecular formula is C22H29N3O5S2. The number of nitrogens with one attached hydrogen (secondary N) is 1. The third-order valence-electron chi connectivity index (χ3n) is 5.18. The molecule has 2 aromatic rings. The summed E-state index contributed by atoms with van der Waals surface area (Å²) in [5, 5.41) is 12.2. The number of carboxylic acids is 1. The van der Waals surface area contributed by atoms with Gasteiger partial charge in [-0.1, -0.05) is 30.6 Å². The molecule has 32 heavy (non-hydrogen) atoms. The van der Waals surface area contributed by atoms with Crippen molar-refractivity contribution >= 4 is 40.2 Å². The van der Waals surface area contributed by atoms with E-state index in [0.717, 1.165) is 41.4 Å². The number of carbonyl (C=O) groups excluding carboxylic acids is 1. The summed E-state index contributed by atoms with van der Waals surface area (Å²) in [6.07, 6.45) is 7.79. The van der Waals surface area contributed by atoms with Crippen LogP contribution in [0, 0.1) is 0 Å². The number of ether oxygens (including phenoxy) is 2. The van der Waals surface area contributed by atoms with E-state index in [0.29, 0.717) is 24.7 Å². The Kier molecular flexibility index (Phi) is 9.48. The molecule has 1 saturated carbocycles. The highest BCUT2D eigenvalue weighted by atomic mass is 32.2. The molecule has 0 radical (unpaired) electrons. The average Bonchev–Trinajstić information content (AvgIpc) is 3.25. The maximum atomic E-state index is 13.0. The van der Waals surface area contributed by atoms with Crippen molar-refractivity contribution in [2.75, 3.05) is 31.3 Å². The van der Waals surface area contributed by atoms with E-state index in [9.17, 15) is 9.59 Å². The third-order valence-corrected chi connectivity index (χ3v) is 7.28. The molecule has 0 unspecified atom stereocenters. The number of nitrogens with zero attached hydrogens (tertiary/aromatic N) is 2. The number of thiazole rings is 1. The van der Waals surface area contributed by atoms with Crippen molar-refractivity contribution in [3.63, 3.8) is 0 Å². The molecule has 1 aromatic carbocycles. The number of anilines is 1. The van der Waals surface area contributed by atoms with Crippen LogP contribution in [0.3, 0.4) is 0 Å². The summed E-state index contributed by atoms with van der Waals surface area (Å²) in [7, 11) is 1.63. The van der Waals surface area contributed by atoms with Crippen LogP contribution in [0.15, 0.2) is 34.7 Å². The third kappa shape index (κ3) is 7.59. The number of carboxylic acid groups (broad SMARTS) is 1. The topological polar surface area (TPSA) is 101 Å². The summed E-state index contributed by atoms with van der Waals surface area (Å²) >= 11 is 2.49. The van der Waals surface area contributed by atoms with E-state index in [1.54, 1.807) is 13.3 Å². The predicted molar refractivity (Wildman–Crippen MR) is 126 cm³/mol. The van der Waals surface area contributed by atoms with Gasteiger partial charge in [0.2, 0.25) is 0 Å². The summed E-state index contributed by atoms with van der Waals surface area (Å²) in [5.74, 6) is 0.644. The smallest absolute Gasteiger partial charge is 0.323 e. The molecule has 1 aliphatic carbocycles. The summed E-state index contributed by atoms with van der Waals surface area (Å²) < 4.78 is 11.7. The minimum Gasteiger partial charge on any atom is -0.497 e. The monoisotopic (exact) mass is 479 g/mol. The summed E-state index contributed by atoms with van der Waals surface area (Å²) in [5.41, 5.74) is 0. The van der Waals surface area contributed by atoms with E-state index in [1.165, 1.54) is 29.5 Å². The van der Waals surface area contributed by atoms with Crippen LogP contribution in [0.25, 0.3) is 0 Å². The quantitative estimate of drug-likeness (QED) is 0.347. The van der Waals surface area contributed by atoms with Gasteiger partial charge in [-0.05, 0) is 43.5 Å². The van der Waals surface area contributed by atoms with Gasteiger partial charge in [-0.25, -0.2) is 9.78 Å². The molecule has 8 nitrogen and oxygen atoms in total. The van der Waals surface area contributed by atoms with E-state index in [2.05, 4.69) is 10.3 Å². The minimum absolute atomic E-state index is 0.0298. The Morgan fingerprint density at radius 1 is 1.22 bits per heavy atom. The van der Waals surface area contributed by atoms with E-state index >= 15 is 0 Å². The van der Waals surface area contributed by atoms with Crippen molar-refractivity contribution in [3.05, 3.63) is 30.5 Å². The van der Waals surface area contributed by atoms with Gasteiger partial charge in [-0.15, -0.1) is 11.8 Å². The lowest BCUT2D eigenvalue weighted by molar-refractivity contribution is -0.133. The Balaban J connectivity index is 1.53. The van der Waals surface area contributed by atoms with Gasteiger partial charge < -0.3 is 19.5 Å². The van der Waals surface area contributed by atoms with Crippen LogP contribution in [0.5, 0.6) is 11.5 Å². The first kappa shape index (κ1) is 24.2. The minimum atomic E-state index is -0.880. The zero-order valence-electron chi connectivity index (χ0n) is 18.1. The fourth-order valence-corrected chi connectivity index (χ4v) is 5.20. The van der Waals surface area contributed by atoms with Gasteiger partial charge in [-0.2, -0.15) is 0 Å². The van der Waals surface area contributed by atoms with E-state index in [-0.39, 0.29) is 17.8 Å². The number of aromatic nitrogens is 1. The Hall–Kier alpha value is -2.46. The van der Waals surface area contributed by atoms with Crippen molar-refractivity contribution in [2.24, 2.45) is 0 Å². The lowest BCUT2D eigenvalue weighted by Crippen LogP contribution is -2.44. The molecule has 1 aliphatic rings. The number of aliphatic carboxylic acids is 1. The lowest BCUT2D eigenvalue weighted by atomic mass is 9.94. The van der Waals surface area contributed by atoms with Gasteiger partial charge in [0.15, 0.2) is 5.13 Å². The maximum Gasteiger partial charge on any atom is 0.323 e. The Labute approximate surface area is 196 Å². The SMILES string of the molecule is COc1ccc(OCCCN(C(=O)Nc2ncc(SCC(=O)O)s2)C2CCCCC2)cc1. The van der Waals surface area contributed by atoms with Crippen molar-refractivity contribution in [1.29, 1.82) is 0 Å².